The summed E-state index contributed by atoms with van der Waals surface area (Å²) in [5, 5.41) is 3.73. The van der Waals surface area contributed by atoms with E-state index in [0.717, 1.165) is 24.2 Å². The van der Waals surface area contributed by atoms with Crippen molar-refractivity contribution in [3.05, 3.63) is 71.8 Å². The fraction of sp³-hybridized carbons (Fsp3) is 0.333. The van der Waals surface area contributed by atoms with Crippen LogP contribution in [0.15, 0.2) is 55.1 Å². The third-order valence-electron chi connectivity index (χ3n) is 6.50. The summed E-state index contributed by atoms with van der Waals surface area (Å²) in [6, 6.07) is 10.9. The lowest BCUT2D eigenvalue weighted by Crippen LogP contribution is -2.33. The highest BCUT2D eigenvalue weighted by atomic mass is 16.5. The molecule has 2 nitrogen and oxygen atoms in total. The van der Waals surface area contributed by atoms with Crippen molar-refractivity contribution in [3.8, 4) is 16.9 Å². The average Bonchev–Trinajstić information content (AvgIpc) is 2.71. The van der Waals surface area contributed by atoms with E-state index in [0.29, 0.717) is 5.92 Å². The molecule has 0 aromatic heterocycles. The second-order valence-electron chi connectivity index (χ2n) is 9.13. The van der Waals surface area contributed by atoms with E-state index in [1.165, 1.54) is 39.9 Å². The number of allylic oxidation sites excluding steroid dienone is 3. The molecule has 2 atom stereocenters. The van der Waals surface area contributed by atoms with Crippen molar-refractivity contribution in [1.29, 1.82) is 0 Å². The molecule has 0 saturated heterocycles. The van der Waals surface area contributed by atoms with E-state index in [1.807, 2.05) is 6.08 Å². The number of ether oxygens (including phenoxy) is 1. The fourth-order valence-corrected chi connectivity index (χ4v) is 5.38. The SMILES string of the molecule is C=Cc1cccc2c1-c1ccc3c(c1C(C1CC=CCC1)O2)C(C)=CC(C)(C)N3. The molecule has 1 aliphatic carbocycles. The molecule has 5 rings (SSSR count). The molecule has 3 aliphatic rings. The van der Waals surface area contributed by atoms with E-state index in [2.05, 4.69) is 81.2 Å². The molecule has 1 N–H and O–H groups in total. The van der Waals surface area contributed by atoms with Gasteiger partial charge in [-0.1, -0.05) is 49.1 Å². The third-order valence-corrected chi connectivity index (χ3v) is 6.50. The maximum absolute atomic E-state index is 6.77. The van der Waals surface area contributed by atoms with Crippen LogP contribution < -0.4 is 10.1 Å². The second-order valence-corrected chi connectivity index (χ2v) is 9.13. The highest BCUT2D eigenvalue weighted by Gasteiger charge is 2.37. The van der Waals surface area contributed by atoms with Gasteiger partial charge in [-0.05, 0) is 68.9 Å². The number of rotatable bonds is 2. The molecular formula is C27H29NO. The third kappa shape index (κ3) is 2.93. The predicted octanol–water partition coefficient (Wildman–Crippen LogP) is 7.39. The Labute approximate surface area is 174 Å². The number of benzene rings is 2. The average molecular weight is 384 g/mol. The topological polar surface area (TPSA) is 21.3 Å². The van der Waals surface area contributed by atoms with Crippen LogP contribution in [0.25, 0.3) is 22.8 Å². The molecule has 2 unspecified atom stereocenters. The van der Waals surface area contributed by atoms with Gasteiger partial charge in [0.2, 0.25) is 0 Å². The fourth-order valence-electron chi connectivity index (χ4n) is 5.38. The van der Waals surface area contributed by atoms with Crippen molar-refractivity contribution >= 4 is 17.3 Å². The summed E-state index contributed by atoms with van der Waals surface area (Å²) in [7, 11) is 0. The number of hydrogen-bond acceptors (Lipinski definition) is 2. The summed E-state index contributed by atoms with van der Waals surface area (Å²) in [6.07, 6.45) is 12.4. The van der Waals surface area contributed by atoms with Crippen molar-refractivity contribution in [3.63, 3.8) is 0 Å². The van der Waals surface area contributed by atoms with Gasteiger partial charge in [0, 0.05) is 28.3 Å². The monoisotopic (exact) mass is 383 g/mol. The molecule has 0 saturated carbocycles. The normalized spacial score (nSPS) is 23.6. The Morgan fingerprint density at radius 1 is 1.14 bits per heavy atom. The Balaban J connectivity index is 1.78. The van der Waals surface area contributed by atoms with Crippen LogP contribution in [0.5, 0.6) is 5.75 Å². The molecule has 0 radical (unpaired) electrons. The van der Waals surface area contributed by atoms with Gasteiger partial charge in [0.15, 0.2) is 0 Å². The van der Waals surface area contributed by atoms with Crippen LogP contribution in [0.3, 0.4) is 0 Å². The van der Waals surface area contributed by atoms with E-state index in [9.17, 15) is 0 Å². The summed E-state index contributed by atoms with van der Waals surface area (Å²) in [5.74, 6) is 1.48. The van der Waals surface area contributed by atoms with Crippen LogP contribution in [0, 0.1) is 5.92 Å². The minimum Gasteiger partial charge on any atom is -0.485 e. The predicted molar refractivity (Wildman–Crippen MR) is 123 cm³/mol. The van der Waals surface area contributed by atoms with Gasteiger partial charge in [0.1, 0.15) is 11.9 Å². The summed E-state index contributed by atoms with van der Waals surface area (Å²) < 4.78 is 6.77. The van der Waals surface area contributed by atoms with Crippen molar-refractivity contribution in [2.24, 2.45) is 5.92 Å². The zero-order valence-corrected chi connectivity index (χ0v) is 17.6. The molecular weight excluding hydrogens is 354 g/mol. The standard InChI is InChI=1S/C27H29NO/c1-5-18-12-9-13-22-24(18)20-14-15-21-23(17(2)16-27(3,4)28-21)25(20)26(29-22)19-10-7-6-8-11-19/h5-7,9,12-16,19,26,28H,1,8,10-11H2,2-4H3. The van der Waals surface area contributed by atoms with Gasteiger partial charge in [0.25, 0.3) is 0 Å². The van der Waals surface area contributed by atoms with Crippen molar-refractivity contribution < 1.29 is 4.74 Å². The summed E-state index contributed by atoms with van der Waals surface area (Å²) in [5.41, 5.74) is 8.79. The van der Waals surface area contributed by atoms with Gasteiger partial charge >= 0.3 is 0 Å². The van der Waals surface area contributed by atoms with Crippen molar-refractivity contribution in [2.75, 3.05) is 5.32 Å². The molecule has 2 heterocycles. The van der Waals surface area contributed by atoms with Crippen molar-refractivity contribution in [2.45, 2.75) is 51.7 Å². The maximum Gasteiger partial charge on any atom is 0.128 e. The van der Waals surface area contributed by atoms with E-state index < -0.39 is 0 Å². The van der Waals surface area contributed by atoms with Gasteiger partial charge < -0.3 is 10.1 Å². The van der Waals surface area contributed by atoms with E-state index in [1.54, 1.807) is 0 Å². The van der Waals surface area contributed by atoms with Crippen LogP contribution in [-0.4, -0.2) is 5.54 Å². The lowest BCUT2D eigenvalue weighted by molar-refractivity contribution is 0.125. The van der Waals surface area contributed by atoms with E-state index in [4.69, 9.17) is 4.74 Å². The van der Waals surface area contributed by atoms with E-state index >= 15 is 0 Å². The van der Waals surface area contributed by atoms with Gasteiger partial charge in [-0.15, -0.1) is 0 Å². The van der Waals surface area contributed by atoms with Crippen LogP contribution in [0.2, 0.25) is 0 Å². The molecule has 0 amide bonds. The Kier molecular flexibility index (Phi) is 4.20. The van der Waals surface area contributed by atoms with E-state index in [-0.39, 0.29) is 11.6 Å². The van der Waals surface area contributed by atoms with Crippen LogP contribution in [0.1, 0.15) is 62.8 Å². The molecule has 0 spiro atoms. The first kappa shape index (κ1) is 18.3. The molecule has 0 fully saturated rings. The van der Waals surface area contributed by atoms with Crippen molar-refractivity contribution in [1.82, 2.24) is 0 Å². The number of anilines is 1. The minimum absolute atomic E-state index is 0.0475. The summed E-state index contributed by atoms with van der Waals surface area (Å²) >= 11 is 0. The highest BCUT2D eigenvalue weighted by molar-refractivity contribution is 5.92. The molecule has 148 valence electrons. The molecule has 2 heteroatoms. The Morgan fingerprint density at radius 3 is 2.76 bits per heavy atom. The number of nitrogens with one attached hydrogen (secondary N) is 1. The zero-order chi connectivity index (χ0) is 20.2. The molecule has 2 aromatic carbocycles. The Hall–Kier alpha value is -2.74. The number of fused-ring (bicyclic) bond motifs is 5. The van der Waals surface area contributed by atoms with Crippen LogP contribution >= 0.6 is 0 Å². The zero-order valence-electron chi connectivity index (χ0n) is 17.6. The molecule has 2 aromatic rings. The first-order valence-electron chi connectivity index (χ1n) is 10.7. The second kappa shape index (κ2) is 6.66. The molecule has 29 heavy (non-hydrogen) atoms. The summed E-state index contributed by atoms with van der Waals surface area (Å²) in [4.78, 5) is 0. The number of hydrogen-bond donors (Lipinski definition) is 1. The maximum atomic E-state index is 6.77. The summed E-state index contributed by atoms with van der Waals surface area (Å²) in [6.45, 7) is 10.8. The largest absolute Gasteiger partial charge is 0.485 e. The van der Waals surface area contributed by atoms with Gasteiger partial charge in [-0.25, -0.2) is 0 Å². The van der Waals surface area contributed by atoms with Gasteiger partial charge in [-0.3, -0.25) is 0 Å². The first-order valence-corrected chi connectivity index (χ1v) is 10.7. The lowest BCUT2D eigenvalue weighted by atomic mass is 9.76. The van der Waals surface area contributed by atoms with Gasteiger partial charge in [-0.2, -0.15) is 0 Å². The smallest absolute Gasteiger partial charge is 0.128 e. The molecule has 2 aliphatic heterocycles. The van der Waals surface area contributed by atoms with Crippen LogP contribution in [-0.2, 0) is 0 Å². The minimum atomic E-state index is -0.0475. The van der Waals surface area contributed by atoms with Gasteiger partial charge in [0.05, 0.1) is 5.54 Å². The molecule has 0 bridgehead atoms. The lowest BCUT2D eigenvalue weighted by Gasteiger charge is -2.40. The van der Waals surface area contributed by atoms with Crippen LogP contribution in [0.4, 0.5) is 5.69 Å². The first-order chi connectivity index (χ1) is 14.0. The Morgan fingerprint density at radius 2 is 2.00 bits per heavy atom. The quantitative estimate of drug-likeness (QED) is 0.546. The highest BCUT2D eigenvalue weighted by Crippen LogP contribution is 2.53. The Bertz CT molecular complexity index is 1060.